The molecule has 96 valence electrons. The van der Waals surface area contributed by atoms with Gasteiger partial charge in [0.05, 0.1) is 0 Å². The lowest BCUT2D eigenvalue weighted by molar-refractivity contribution is -0.571. The van der Waals surface area contributed by atoms with Gasteiger partial charge in [-0.05, 0) is 25.1 Å². The fourth-order valence-corrected chi connectivity index (χ4v) is 2.44. The van der Waals surface area contributed by atoms with Gasteiger partial charge in [0.2, 0.25) is 5.54 Å². The molecule has 0 bridgehead atoms. The maximum atomic E-state index is 10.9. The highest BCUT2D eigenvalue weighted by atomic mass is 28.4. The van der Waals surface area contributed by atoms with Crippen LogP contribution >= 0.6 is 0 Å². The summed E-state index contributed by atoms with van der Waals surface area (Å²) >= 11 is 0. The van der Waals surface area contributed by atoms with Gasteiger partial charge in [-0.3, -0.25) is 10.1 Å². The molecule has 1 atom stereocenters. The summed E-state index contributed by atoms with van der Waals surface area (Å²) in [5, 5.41) is 11.0. The molecule has 0 aliphatic heterocycles. The quantitative estimate of drug-likeness (QED) is 0.434. The first kappa shape index (κ1) is 15.6. The molecule has 0 aromatic rings. The summed E-state index contributed by atoms with van der Waals surface area (Å²) in [6.07, 6.45) is -0.372. The molecule has 0 rings (SSSR count). The minimum Gasteiger partial charge on any atom is -0.407 e. The summed E-state index contributed by atoms with van der Waals surface area (Å²) in [4.78, 5) is 10.7. The molecule has 0 amide bonds. The first-order chi connectivity index (χ1) is 6.82. The second-order valence-corrected chi connectivity index (χ2v) is 11.2. The molecule has 0 aliphatic carbocycles. The van der Waals surface area contributed by atoms with Crippen molar-refractivity contribution < 1.29 is 9.35 Å². The summed E-state index contributed by atoms with van der Waals surface area (Å²) in [7, 11) is -1.93. The fraction of sp³-hybridized carbons (Fsp3) is 1.00. The van der Waals surface area contributed by atoms with Gasteiger partial charge in [-0.2, -0.15) is 0 Å². The second kappa shape index (κ2) is 4.45. The SMILES string of the molecule is CC(O[Si](C)(C)C(C)(C)C)C(C)(C)[N+](=O)[O-]. The highest BCUT2D eigenvalue weighted by Crippen LogP contribution is 2.38. The van der Waals surface area contributed by atoms with Crippen LogP contribution in [-0.2, 0) is 4.43 Å². The molecule has 0 radical (unpaired) electrons. The van der Waals surface area contributed by atoms with Crippen LogP contribution in [0.1, 0.15) is 41.5 Å². The molecular weight excluding hydrogens is 222 g/mol. The molecule has 1 unspecified atom stereocenters. The van der Waals surface area contributed by atoms with Crippen molar-refractivity contribution in [2.45, 2.75) is 71.3 Å². The van der Waals surface area contributed by atoms with Crippen LogP contribution in [0.3, 0.4) is 0 Å². The van der Waals surface area contributed by atoms with E-state index >= 15 is 0 Å². The van der Waals surface area contributed by atoms with E-state index in [0.717, 1.165) is 0 Å². The minimum atomic E-state index is -1.93. The zero-order chi connectivity index (χ0) is 13.4. The molecule has 0 aromatic carbocycles. The van der Waals surface area contributed by atoms with Gasteiger partial charge in [-0.25, -0.2) is 0 Å². The highest BCUT2D eigenvalue weighted by molar-refractivity contribution is 6.74. The summed E-state index contributed by atoms with van der Waals surface area (Å²) in [5.74, 6) is 0. The van der Waals surface area contributed by atoms with Crippen molar-refractivity contribution in [3.63, 3.8) is 0 Å². The third-order valence-corrected chi connectivity index (χ3v) is 8.30. The highest BCUT2D eigenvalue weighted by Gasteiger charge is 2.45. The van der Waals surface area contributed by atoms with Gasteiger partial charge < -0.3 is 4.43 Å². The molecule has 4 nitrogen and oxygen atoms in total. The van der Waals surface area contributed by atoms with Crippen LogP contribution in [0.15, 0.2) is 0 Å². The van der Waals surface area contributed by atoms with Gasteiger partial charge in [0.1, 0.15) is 6.10 Å². The van der Waals surface area contributed by atoms with Crippen LogP contribution in [0.25, 0.3) is 0 Å². The molecule has 0 fully saturated rings. The molecule has 0 saturated carbocycles. The Kier molecular flexibility index (Phi) is 4.33. The summed E-state index contributed by atoms with van der Waals surface area (Å²) in [5.41, 5.74) is -1.03. The largest absolute Gasteiger partial charge is 0.407 e. The predicted molar refractivity (Wildman–Crippen MR) is 68.8 cm³/mol. The van der Waals surface area contributed by atoms with Crippen molar-refractivity contribution in [3.8, 4) is 0 Å². The Balaban J connectivity index is 4.82. The van der Waals surface area contributed by atoms with Gasteiger partial charge in [0.25, 0.3) is 0 Å². The summed E-state index contributed by atoms with van der Waals surface area (Å²) < 4.78 is 6.03. The molecule has 16 heavy (non-hydrogen) atoms. The fourth-order valence-electron chi connectivity index (χ4n) is 0.911. The van der Waals surface area contributed by atoms with Crippen LogP contribution in [0.5, 0.6) is 0 Å². The van der Waals surface area contributed by atoms with Crippen molar-refractivity contribution in [1.82, 2.24) is 0 Å². The van der Waals surface area contributed by atoms with Gasteiger partial charge >= 0.3 is 0 Å². The molecule has 0 spiro atoms. The minimum absolute atomic E-state index is 0.0773. The average molecular weight is 247 g/mol. The number of hydrogen-bond donors (Lipinski definition) is 0. The maximum Gasteiger partial charge on any atom is 0.240 e. The van der Waals surface area contributed by atoms with Crippen molar-refractivity contribution >= 4 is 8.32 Å². The standard InChI is InChI=1S/C11H25NO3Si/c1-9(11(5,6)12(13)14)15-16(7,8)10(2,3)4/h9H,1-8H3. The van der Waals surface area contributed by atoms with Crippen molar-refractivity contribution in [3.05, 3.63) is 10.1 Å². The van der Waals surface area contributed by atoms with E-state index in [1.54, 1.807) is 20.8 Å². The second-order valence-electron chi connectivity index (χ2n) is 6.43. The van der Waals surface area contributed by atoms with Gasteiger partial charge in [0.15, 0.2) is 8.32 Å². The molecule has 0 saturated heterocycles. The van der Waals surface area contributed by atoms with Crippen molar-refractivity contribution in [2.24, 2.45) is 0 Å². The lowest BCUT2D eigenvalue weighted by atomic mass is 10.0. The molecule has 5 heteroatoms. The smallest absolute Gasteiger partial charge is 0.240 e. The number of nitrogens with zero attached hydrogens (tertiary/aromatic N) is 1. The molecule has 0 heterocycles. The Morgan fingerprint density at radius 1 is 1.19 bits per heavy atom. The van der Waals surface area contributed by atoms with Crippen molar-refractivity contribution in [1.29, 1.82) is 0 Å². The zero-order valence-corrected chi connectivity index (χ0v) is 12.7. The van der Waals surface area contributed by atoms with Crippen LogP contribution in [0.4, 0.5) is 0 Å². The van der Waals surface area contributed by atoms with E-state index in [9.17, 15) is 10.1 Å². The zero-order valence-electron chi connectivity index (χ0n) is 11.7. The average Bonchev–Trinajstić information content (AvgIpc) is 2.00. The maximum absolute atomic E-state index is 10.9. The van der Waals surface area contributed by atoms with Crippen molar-refractivity contribution in [2.75, 3.05) is 0 Å². The summed E-state index contributed by atoms with van der Waals surface area (Å²) in [6, 6.07) is 0. The lowest BCUT2D eigenvalue weighted by Gasteiger charge is -2.40. The Bertz CT molecular complexity index is 269. The summed E-state index contributed by atoms with van der Waals surface area (Å²) in [6.45, 7) is 15.6. The Morgan fingerprint density at radius 2 is 1.56 bits per heavy atom. The predicted octanol–water partition coefficient (Wildman–Crippen LogP) is 3.45. The van der Waals surface area contributed by atoms with Crippen LogP contribution < -0.4 is 0 Å². The van der Waals surface area contributed by atoms with Gasteiger partial charge in [-0.15, -0.1) is 0 Å². The number of hydrogen-bond acceptors (Lipinski definition) is 3. The first-order valence-electron chi connectivity index (χ1n) is 5.64. The van der Waals surface area contributed by atoms with Crippen LogP contribution in [-0.4, -0.2) is 24.9 Å². The normalized spacial score (nSPS) is 16.0. The number of rotatable bonds is 4. The van der Waals surface area contributed by atoms with Gasteiger partial charge in [0, 0.05) is 18.8 Å². The Labute approximate surface area is 99.7 Å². The lowest BCUT2D eigenvalue weighted by Crippen LogP contribution is -2.51. The Hall–Kier alpha value is -0.423. The number of nitro groups is 1. The first-order valence-corrected chi connectivity index (χ1v) is 8.55. The Morgan fingerprint density at radius 3 is 1.81 bits per heavy atom. The van der Waals surface area contributed by atoms with E-state index in [1.807, 2.05) is 0 Å². The van der Waals surface area contributed by atoms with E-state index in [4.69, 9.17) is 4.43 Å². The third-order valence-electron chi connectivity index (χ3n) is 3.74. The van der Waals surface area contributed by atoms with E-state index in [-0.39, 0.29) is 16.1 Å². The molecule has 0 aromatic heterocycles. The van der Waals surface area contributed by atoms with E-state index in [1.165, 1.54) is 0 Å². The molecule has 0 aliphatic rings. The molecular formula is C11H25NO3Si. The monoisotopic (exact) mass is 247 g/mol. The van der Waals surface area contributed by atoms with Crippen LogP contribution in [0.2, 0.25) is 18.1 Å². The molecule has 0 N–H and O–H groups in total. The van der Waals surface area contributed by atoms with Crippen LogP contribution in [0, 0.1) is 10.1 Å². The van der Waals surface area contributed by atoms with E-state index in [2.05, 4.69) is 33.9 Å². The topological polar surface area (TPSA) is 52.4 Å². The van der Waals surface area contributed by atoms with E-state index < -0.39 is 13.9 Å². The van der Waals surface area contributed by atoms with E-state index in [0.29, 0.717) is 0 Å². The third kappa shape index (κ3) is 3.28. The van der Waals surface area contributed by atoms with Gasteiger partial charge in [-0.1, -0.05) is 20.8 Å².